The lowest BCUT2D eigenvalue weighted by Crippen LogP contribution is -2.26. The average molecular weight is 319 g/mol. The zero-order chi connectivity index (χ0) is 14.5. The Hall–Kier alpha value is -0.740. The summed E-state index contributed by atoms with van der Waals surface area (Å²) in [5.74, 6) is 0. The van der Waals surface area contributed by atoms with Crippen molar-refractivity contribution < 1.29 is 8.42 Å². The van der Waals surface area contributed by atoms with Gasteiger partial charge in [-0.15, -0.1) is 0 Å². The molecule has 1 aromatic rings. The van der Waals surface area contributed by atoms with Crippen LogP contribution in [0.15, 0.2) is 23.1 Å². The Morgan fingerprint density at radius 3 is 2.79 bits per heavy atom. The number of rotatable bonds is 6. The summed E-state index contributed by atoms with van der Waals surface area (Å²) in [6, 6.07) is 6.08. The maximum absolute atomic E-state index is 12.1. The van der Waals surface area contributed by atoms with Crippen molar-refractivity contribution in [2.24, 2.45) is 0 Å². The second-order valence-electron chi connectivity index (χ2n) is 3.99. The summed E-state index contributed by atoms with van der Waals surface area (Å²) in [6.07, 6.45) is 2.71. The van der Waals surface area contributed by atoms with Crippen LogP contribution in [-0.2, 0) is 10.0 Å². The van der Waals surface area contributed by atoms with E-state index in [0.717, 1.165) is 6.42 Å². The van der Waals surface area contributed by atoms with Gasteiger partial charge in [0.05, 0.1) is 16.7 Å². The van der Waals surface area contributed by atoms with Gasteiger partial charge in [-0.25, -0.2) is 13.1 Å². The maximum Gasteiger partial charge on any atom is 0.242 e. The van der Waals surface area contributed by atoms with E-state index in [4.69, 9.17) is 16.9 Å². The number of hydrogen-bond acceptors (Lipinski definition) is 4. The Morgan fingerprint density at radius 2 is 2.21 bits per heavy atom. The zero-order valence-electron chi connectivity index (χ0n) is 10.7. The molecule has 0 fully saturated rings. The quantitative estimate of drug-likeness (QED) is 0.875. The van der Waals surface area contributed by atoms with Gasteiger partial charge in [0.1, 0.15) is 4.90 Å². The van der Waals surface area contributed by atoms with Crippen LogP contribution in [0.4, 0.5) is 0 Å². The fourth-order valence-corrected chi connectivity index (χ4v) is 3.30. The summed E-state index contributed by atoms with van der Waals surface area (Å²) in [4.78, 5) is -0.0509. The minimum absolute atomic E-state index is 0.0509. The number of nitrogens with one attached hydrogen (secondary N) is 1. The molecule has 0 heterocycles. The van der Waals surface area contributed by atoms with E-state index >= 15 is 0 Å². The third kappa shape index (κ3) is 4.69. The van der Waals surface area contributed by atoms with Crippen LogP contribution < -0.4 is 4.72 Å². The monoisotopic (exact) mass is 318 g/mol. The van der Waals surface area contributed by atoms with Gasteiger partial charge in [-0.1, -0.05) is 18.5 Å². The molecule has 0 aliphatic carbocycles. The molecule has 0 saturated heterocycles. The lowest BCUT2D eigenvalue weighted by molar-refractivity contribution is 0.579. The number of nitriles is 1. The summed E-state index contributed by atoms with van der Waals surface area (Å²) >= 11 is 7.55. The van der Waals surface area contributed by atoms with Gasteiger partial charge < -0.3 is 0 Å². The van der Waals surface area contributed by atoms with E-state index in [2.05, 4.69) is 4.72 Å². The van der Waals surface area contributed by atoms with Gasteiger partial charge in [0.25, 0.3) is 0 Å². The summed E-state index contributed by atoms with van der Waals surface area (Å²) in [5.41, 5.74) is 0.266. The highest BCUT2D eigenvalue weighted by Crippen LogP contribution is 2.22. The minimum Gasteiger partial charge on any atom is -0.211 e. The van der Waals surface area contributed by atoms with Crippen molar-refractivity contribution in [2.75, 3.05) is 12.8 Å². The lowest BCUT2D eigenvalue weighted by atomic mass is 10.2. The van der Waals surface area contributed by atoms with Gasteiger partial charge in [0.15, 0.2) is 0 Å². The first-order valence-corrected chi connectivity index (χ1v) is 8.77. The summed E-state index contributed by atoms with van der Waals surface area (Å²) in [7, 11) is -3.67. The van der Waals surface area contributed by atoms with E-state index in [9.17, 15) is 8.42 Å². The van der Waals surface area contributed by atoms with E-state index in [1.54, 1.807) is 11.8 Å². The minimum atomic E-state index is -3.67. The van der Waals surface area contributed by atoms with Crippen molar-refractivity contribution in [3.8, 4) is 6.07 Å². The molecule has 0 bridgehead atoms. The number of halogens is 1. The average Bonchev–Trinajstić information content (AvgIpc) is 2.38. The van der Waals surface area contributed by atoms with Crippen LogP contribution in [0.2, 0.25) is 5.02 Å². The molecule has 0 radical (unpaired) electrons. The Kier molecular flexibility index (Phi) is 6.14. The van der Waals surface area contributed by atoms with Crippen molar-refractivity contribution >= 4 is 33.4 Å². The summed E-state index contributed by atoms with van der Waals surface area (Å²) < 4.78 is 26.7. The number of thioether (sulfide) groups is 1. The van der Waals surface area contributed by atoms with Gasteiger partial charge in [-0.2, -0.15) is 17.0 Å². The fraction of sp³-hybridized carbons (Fsp3) is 0.417. The maximum atomic E-state index is 12.1. The number of nitrogens with zero attached hydrogens (tertiary/aromatic N) is 1. The SMILES string of the molecule is CSC(C)CCNS(=O)(=O)c1cc(C#N)ccc1Cl. The lowest BCUT2D eigenvalue weighted by Gasteiger charge is -2.11. The highest BCUT2D eigenvalue weighted by Gasteiger charge is 2.18. The van der Waals surface area contributed by atoms with Crippen LogP contribution in [0.1, 0.15) is 18.9 Å². The third-order valence-electron chi connectivity index (χ3n) is 2.60. The van der Waals surface area contributed by atoms with Gasteiger partial charge in [-0.05, 0) is 30.9 Å². The van der Waals surface area contributed by atoms with E-state index in [-0.39, 0.29) is 15.5 Å². The Bertz CT molecular complexity index is 582. The molecule has 0 amide bonds. The Labute approximate surface area is 123 Å². The van der Waals surface area contributed by atoms with E-state index in [1.807, 2.05) is 19.2 Å². The van der Waals surface area contributed by atoms with E-state index in [0.29, 0.717) is 11.8 Å². The van der Waals surface area contributed by atoms with Crippen molar-refractivity contribution in [1.29, 1.82) is 5.26 Å². The van der Waals surface area contributed by atoms with Crippen LogP contribution in [0.3, 0.4) is 0 Å². The molecule has 0 aliphatic heterocycles. The van der Waals surface area contributed by atoms with Crippen LogP contribution in [0.5, 0.6) is 0 Å². The van der Waals surface area contributed by atoms with Crippen molar-refractivity contribution in [1.82, 2.24) is 4.72 Å². The third-order valence-corrected chi connectivity index (χ3v) is 5.58. The van der Waals surface area contributed by atoms with Crippen LogP contribution >= 0.6 is 23.4 Å². The van der Waals surface area contributed by atoms with Gasteiger partial charge in [0.2, 0.25) is 10.0 Å². The van der Waals surface area contributed by atoms with Crippen LogP contribution in [0.25, 0.3) is 0 Å². The molecule has 1 rings (SSSR count). The Balaban J connectivity index is 2.86. The molecular weight excluding hydrogens is 304 g/mol. The highest BCUT2D eigenvalue weighted by atomic mass is 35.5. The number of sulfonamides is 1. The van der Waals surface area contributed by atoms with E-state index < -0.39 is 10.0 Å². The largest absolute Gasteiger partial charge is 0.242 e. The molecule has 0 spiro atoms. The standard InChI is InChI=1S/C12H15ClN2O2S2/c1-9(18-2)5-6-15-19(16,17)12-7-10(8-14)3-4-11(12)13/h3-4,7,9,15H,5-6H2,1-2H3. The molecule has 0 aliphatic rings. The van der Waals surface area contributed by atoms with Crippen molar-refractivity contribution in [2.45, 2.75) is 23.5 Å². The summed E-state index contributed by atoms with van der Waals surface area (Å²) in [5, 5.41) is 9.28. The first-order valence-electron chi connectivity index (χ1n) is 5.63. The first-order chi connectivity index (χ1) is 8.90. The molecule has 4 nitrogen and oxygen atoms in total. The topological polar surface area (TPSA) is 70.0 Å². The smallest absolute Gasteiger partial charge is 0.211 e. The van der Waals surface area contributed by atoms with Gasteiger partial charge in [0, 0.05) is 11.8 Å². The second kappa shape index (κ2) is 7.15. The second-order valence-corrected chi connectivity index (χ2v) is 7.41. The molecule has 0 saturated carbocycles. The summed E-state index contributed by atoms with van der Waals surface area (Å²) in [6.45, 7) is 2.37. The molecule has 104 valence electrons. The first kappa shape index (κ1) is 16.3. The molecule has 1 N–H and O–H groups in total. The van der Waals surface area contributed by atoms with Crippen molar-refractivity contribution in [3.05, 3.63) is 28.8 Å². The molecule has 19 heavy (non-hydrogen) atoms. The zero-order valence-corrected chi connectivity index (χ0v) is 13.1. The normalized spacial score (nSPS) is 12.9. The Morgan fingerprint density at radius 1 is 1.53 bits per heavy atom. The molecule has 1 unspecified atom stereocenters. The number of benzene rings is 1. The van der Waals surface area contributed by atoms with Crippen LogP contribution in [-0.4, -0.2) is 26.5 Å². The predicted molar refractivity (Wildman–Crippen MR) is 78.9 cm³/mol. The molecule has 1 aromatic carbocycles. The number of hydrogen-bond donors (Lipinski definition) is 1. The molecular formula is C12H15ClN2O2S2. The predicted octanol–water partition coefficient (Wildman–Crippen LogP) is 2.63. The van der Waals surface area contributed by atoms with Gasteiger partial charge >= 0.3 is 0 Å². The van der Waals surface area contributed by atoms with Gasteiger partial charge in [-0.3, -0.25) is 0 Å². The van der Waals surface area contributed by atoms with Crippen molar-refractivity contribution in [3.63, 3.8) is 0 Å². The van der Waals surface area contributed by atoms with Crippen LogP contribution in [0, 0.1) is 11.3 Å². The van der Waals surface area contributed by atoms with E-state index in [1.165, 1.54) is 18.2 Å². The molecule has 1 atom stereocenters. The highest BCUT2D eigenvalue weighted by molar-refractivity contribution is 7.99. The molecule has 7 heteroatoms. The fourth-order valence-electron chi connectivity index (χ4n) is 1.37. The molecule has 0 aromatic heterocycles.